The van der Waals surface area contributed by atoms with Crippen LogP contribution in [0.25, 0.3) is 10.9 Å². The van der Waals surface area contributed by atoms with Gasteiger partial charge in [-0.05, 0) is 35.9 Å². The van der Waals surface area contributed by atoms with E-state index in [-0.39, 0.29) is 0 Å². The number of nitrogens with zero attached hydrogens (tertiary/aromatic N) is 2. The van der Waals surface area contributed by atoms with Gasteiger partial charge in [-0.15, -0.1) is 0 Å². The second kappa shape index (κ2) is 5.17. The van der Waals surface area contributed by atoms with Gasteiger partial charge in [0.15, 0.2) is 5.82 Å². The van der Waals surface area contributed by atoms with Crippen LogP contribution in [0.1, 0.15) is 5.56 Å². The lowest BCUT2D eigenvalue weighted by Crippen LogP contribution is -2.02. The summed E-state index contributed by atoms with van der Waals surface area (Å²) in [5, 5.41) is 5.38. The number of halogens is 1. The lowest BCUT2D eigenvalue weighted by Gasteiger charge is -2.05. The summed E-state index contributed by atoms with van der Waals surface area (Å²) >= 11 is 3.48. The van der Waals surface area contributed by atoms with Gasteiger partial charge in [0.1, 0.15) is 5.75 Å². The highest BCUT2D eigenvalue weighted by molar-refractivity contribution is 9.10. The van der Waals surface area contributed by atoms with Gasteiger partial charge in [0.2, 0.25) is 0 Å². The Morgan fingerprint density at radius 2 is 1.95 bits per heavy atom. The number of aromatic nitrogens is 2. The van der Waals surface area contributed by atoms with Gasteiger partial charge in [-0.25, -0.2) is 0 Å². The average Bonchev–Trinajstić information content (AvgIpc) is 2.76. The van der Waals surface area contributed by atoms with Crippen molar-refractivity contribution in [3.8, 4) is 5.75 Å². The summed E-state index contributed by atoms with van der Waals surface area (Å²) in [6.45, 7) is 0.675. The fourth-order valence-electron chi connectivity index (χ4n) is 2.20. The van der Waals surface area contributed by atoms with Crippen molar-refractivity contribution in [2.45, 2.75) is 6.54 Å². The zero-order valence-corrected chi connectivity index (χ0v) is 12.6. The summed E-state index contributed by atoms with van der Waals surface area (Å²) in [6.07, 6.45) is 0. The molecule has 0 aliphatic heterocycles. The number of ether oxygens (including phenoxy) is 1. The Bertz CT molecular complexity index is 750. The maximum atomic E-state index is 5.96. The Kier molecular flexibility index (Phi) is 3.36. The molecule has 0 fully saturated rings. The summed E-state index contributed by atoms with van der Waals surface area (Å²) in [4.78, 5) is 0. The van der Waals surface area contributed by atoms with E-state index in [4.69, 9.17) is 10.5 Å². The molecule has 102 valence electrons. The van der Waals surface area contributed by atoms with Crippen LogP contribution in [0.3, 0.4) is 0 Å². The molecule has 0 unspecified atom stereocenters. The molecule has 0 spiro atoms. The lowest BCUT2D eigenvalue weighted by atomic mass is 10.2. The van der Waals surface area contributed by atoms with E-state index in [1.807, 2.05) is 47.1 Å². The van der Waals surface area contributed by atoms with Gasteiger partial charge in [-0.1, -0.05) is 28.1 Å². The zero-order chi connectivity index (χ0) is 14.1. The highest BCUT2D eigenvalue weighted by Gasteiger charge is 2.08. The fraction of sp³-hybridized carbons (Fsp3) is 0.133. The Hall–Kier alpha value is -2.01. The van der Waals surface area contributed by atoms with Gasteiger partial charge >= 0.3 is 0 Å². The number of hydrogen-bond donors (Lipinski definition) is 1. The predicted octanol–water partition coefficient (Wildman–Crippen LogP) is 3.44. The van der Waals surface area contributed by atoms with Gasteiger partial charge < -0.3 is 10.5 Å². The molecule has 0 radical (unpaired) electrons. The van der Waals surface area contributed by atoms with Crippen LogP contribution in [0.5, 0.6) is 5.75 Å². The molecule has 5 heteroatoms. The minimum atomic E-state index is 0.556. The van der Waals surface area contributed by atoms with Crippen LogP contribution in [0.2, 0.25) is 0 Å². The van der Waals surface area contributed by atoms with Crippen LogP contribution in [0.15, 0.2) is 46.9 Å². The van der Waals surface area contributed by atoms with Crippen molar-refractivity contribution in [3.63, 3.8) is 0 Å². The first-order valence-electron chi connectivity index (χ1n) is 6.22. The highest BCUT2D eigenvalue weighted by atomic mass is 79.9. The molecule has 3 rings (SSSR count). The Labute approximate surface area is 125 Å². The largest absolute Gasteiger partial charge is 0.497 e. The van der Waals surface area contributed by atoms with E-state index in [0.29, 0.717) is 12.4 Å². The van der Waals surface area contributed by atoms with Crippen molar-refractivity contribution in [1.82, 2.24) is 9.78 Å². The lowest BCUT2D eigenvalue weighted by molar-refractivity contribution is 0.414. The number of methoxy groups -OCH3 is 1. The van der Waals surface area contributed by atoms with Crippen molar-refractivity contribution in [2.24, 2.45) is 0 Å². The summed E-state index contributed by atoms with van der Waals surface area (Å²) in [6, 6.07) is 13.9. The molecule has 0 aliphatic carbocycles. The maximum absolute atomic E-state index is 5.96. The van der Waals surface area contributed by atoms with Gasteiger partial charge in [0, 0.05) is 9.86 Å². The fourth-order valence-corrected chi connectivity index (χ4v) is 2.55. The second-order valence-electron chi connectivity index (χ2n) is 4.55. The predicted molar refractivity (Wildman–Crippen MR) is 83.9 cm³/mol. The zero-order valence-electron chi connectivity index (χ0n) is 11.0. The minimum Gasteiger partial charge on any atom is -0.497 e. The number of fused-ring (bicyclic) bond motifs is 1. The van der Waals surface area contributed by atoms with E-state index in [1.165, 1.54) is 0 Å². The standard InChI is InChI=1S/C15H14BrN3O/c1-20-12-5-2-10(3-6-12)9-19-14-8-11(16)4-7-13(14)15(17)18-19/h2-8H,9H2,1H3,(H2,17,18). The highest BCUT2D eigenvalue weighted by Crippen LogP contribution is 2.25. The van der Waals surface area contributed by atoms with Crippen LogP contribution in [-0.4, -0.2) is 16.9 Å². The summed E-state index contributed by atoms with van der Waals surface area (Å²) in [7, 11) is 1.66. The van der Waals surface area contributed by atoms with E-state index >= 15 is 0 Å². The van der Waals surface area contributed by atoms with Gasteiger partial charge in [0.25, 0.3) is 0 Å². The third-order valence-corrected chi connectivity index (χ3v) is 3.73. The molecular weight excluding hydrogens is 318 g/mol. The normalized spacial score (nSPS) is 10.9. The number of hydrogen-bond acceptors (Lipinski definition) is 3. The molecule has 4 nitrogen and oxygen atoms in total. The molecule has 3 aromatic rings. The minimum absolute atomic E-state index is 0.556. The summed E-state index contributed by atoms with van der Waals surface area (Å²) in [5.74, 6) is 1.40. The van der Waals surface area contributed by atoms with Crippen molar-refractivity contribution in [2.75, 3.05) is 12.8 Å². The third-order valence-electron chi connectivity index (χ3n) is 3.23. The van der Waals surface area contributed by atoms with Crippen molar-refractivity contribution < 1.29 is 4.74 Å². The molecule has 0 bridgehead atoms. The second-order valence-corrected chi connectivity index (χ2v) is 5.47. The van der Waals surface area contributed by atoms with E-state index < -0.39 is 0 Å². The average molecular weight is 332 g/mol. The molecule has 0 aliphatic rings. The van der Waals surface area contributed by atoms with Crippen molar-refractivity contribution in [3.05, 3.63) is 52.5 Å². The van der Waals surface area contributed by atoms with Gasteiger partial charge in [-0.2, -0.15) is 5.10 Å². The van der Waals surface area contributed by atoms with E-state index in [0.717, 1.165) is 26.7 Å². The Morgan fingerprint density at radius 1 is 1.20 bits per heavy atom. The number of rotatable bonds is 3. The summed E-state index contributed by atoms with van der Waals surface area (Å²) in [5.41, 5.74) is 8.13. The number of benzene rings is 2. The summed E-state index contributed by atoms with van der Waals surface area (Å²) < 4.78 is 8.09. The Balaban J connectivity index is 1.99. The molecule has 0 atom stereocenters. The monoisotopic (exact) mass is 331 g/mol. The molecule has 1 aromatic heterocycles. The first kappa shape index (κ1) is 13.0. The van der Waals surface area contributed by atoms with Crippen molar-refractivity contribution in [1.29, 1.82) is 0 Å². The van der Waals surface area contributed by atoms with Crippen LogP contribution < -0.4 is 10.5 Å². The SMILES string of the molecule is COc1ccc(Cn2nc(N)c3ccc(Br)cc32)cc1. The topological polar surface area (TPSA) is 53.1 Å². The maximum Gasteiger partial charge on any atom is 0.153 e. The molecule has 0 saturated heterocycles. The molecule has 0 amide bonds. The van der Waals surface area contributed by atoms with Gasteiger partial charge in [0.05, 0.1) is 19.2 Å². The first-order valence-corrected chi connectivity index (χ1v) is 7.01. The van der Waals surface area contributed by atoms with E-state index in [1.54, 1.807) is 7.11 Å². The molecular formula is C15H14BrN3O. The van der Waals surface area contributed by atoms with Crippen molar-refractivity contribution >= 4 is 32.7 Å². The molecule has 2 aromatic carbocycles. The molecule has 20 heavy (non-hydrogen) atoms. The smallest absolute Gasteiger partial charge is 0.153 e. The number of nitrogens with two attached hydrogens (primary N) is 1. The van der Waals surface area contributed by atoms with Crippen LogP contribution in [0.4, 0.5) is 5.82 Å². The number of nitrogen functional groups attached to an aromatic ring is 1. The van der Waals surface area contributed by atoms with Crippen LogP contribution in [0, 0.1) is 0 Å². The molecule has 2 N–H and O–H groups in total. The van der Waals surface area contributed by atoms with Crippen LogP contribution in [-0.2, 0) is 6.54 Å². The quantitative estimate of drug-likeness (QED) is 0.799. The van der Waals surface area contributed by atoms with E-state index in [9.17, 15) is 0 Å². The Morgan fingerprint density at radius 3 is 2.65 bits per heavy atom. The van der Waals surface area contributed by atoms with Crippen LogP contribution >= 0.6 is 15.9 Å². The number of anilines is 1. The third kappa shape index (κ3) is 2.36. The first-order chi connectivity index (χ1) is 9.67. The van der Waals surface area contributed by atoms with Gasteiger partial charge in [-0.3, -0.25) is 4.68 Å². The molecule has 1 heterocycles. The van der Waals surface area contributed by atoms with E-state index in [2.05, 4.69) is 21.0 Å². The molecule has 0 saturated carbocycles.